The number of hydrogen-bond donors (Lipinski definition) is 1. The molecule has 1 N–H and O–H groups in total. The van der Waals surface area contributed by atoms with E-state index in [0.717, 1.165) is 0 Å². The molecule has 0 saturated carbocycles. The smallest absolute Gasteiger partial charge is 0.262 e. The number of amidine groups is 1. The predicted octanol–water partition coefficient (Wildman–Crippen LogP) is 2.50. The number of fused-ring (bicyclic) bond motifs is 1. The molecule has 0 saturated heterocycles. The molecule has 0 aliphatic carbocycles. The molecule has 0 bridgehead atoms. The first-order valence-electron chi connectivity index (χ1n) is 6.60. The Morgan fingerprint density at radius 3 is 2.45 bits per heavy atom. The Morgan fingerprint density at radius 2 is 1.91 bits per heavy atom. The Morgan fingerprint density at radius 1 is 1.27 bits per heavy atom. The molecule has 1 aliphatic heterocycles. The summed E-state index contributed by atoms with van der Waals surface area (Å²) in [6.45, 7) is 5.45. The van der Waals surface area contributed by atoms with Crippen LogP contribution < -0.4 is 5.32 Å². The van der Waals surface area contributed by atoms with Crippen LogP contribution in [0.15, 0.2) is 23.2 Å². The van der Waals surface area contributed by atoms with Crippen LogP contribution in [0.4, 0.5) is 5.69 Å². The topological polar surface area (TPSA) is 85.6 Å². The standard InChI is InChI=1S/C15H16N4O2S/c1-15(2,3)19-12(20)10-6-5-9(7-11(10)13(19)21)18-14(22-4)17-8-16/h5-7H,1-4H3,(H,17,18). The minimum absolute atomic E-state index is 0.289. The number of amides is 2. The molecule has 1 aromatic rings. The average molecular weight is 316 g/mol. The van der Waals surface area contributed by atoms with Gasteiger partial charge in [0.25, 0.3) is 11.8 Å². The maximum absolute atomic E-state index is 12.5. The lowest BCUT2D eigenvalue weighted by atomic mass is 10.1. The summed E-state index contributed by atoms with van der Waals surface area (Å²) in [7, 11) is 0. The number of nitriles is 1. The van der Waals surface area contributed by atoms with Crippen LogP contribution in [0, 0.1) is 11.5 Å². The van der Waals surface area contributed by atoms with E-state index < -0.39 is 5.54 Å². The fourth-order valence-electron chi connectivity index (χ4n) is 2.20. The Hall–Kier alpha value is -2.33. The number of rotatable bonds is 1. The zero-order valence-electron chi connectivity index (χ0n) is 12.8. The fraction of sp³-hybridized carbons (Fsp3) is 0.333. The van der Waals surface area contributed by atoms with Gasteiger partial charge in [0.1, 0.15) is 0 Å². The van der Waals surface area contributed by atoms with E-state index in [1.165, 1.54) is 16.7 Å². The van der Waals surface area contributed by atoms with Gasteiger partial charge < -0.3 is 0 Å². The summed E-state index contributed by atoms with van der Waals surface area (Å²) in [5.74, 6) is -0.605. The normalized spacial score (nSPS) is 14.9. The molecular weight excluding hydrogens is 300 g/mol. The number of benzene rings is 1. The number of thioether (sulfide) groups is 1. The van der Waals surface area contributed by atoms with Crippen LogP contribution in [0.25, 0.3) is 0 Å². The van der Waals surface area contributed by atoms with Crippen molar-refractivity contribution in [3.8, 4) is 6.19 Å². The van der Waals surface area contributed by atoms with Crippen LogP contribution in [-0.2, 0) is 0 Å². The van der Waals surface area contributed by atoms with Gasteiger partial charge in [0.2, 0.25) is 0 Å². The minimum atomic E-state index is -0.580. The Kier molecular flexibility index (Phi) is 4.24. The van der Waals surface area contributed by atoms with E-state index in [-0.39, 0.29) is 11.8 Å². The summed E-state index contributed by atoms with van der Waals surface area (Å²) in [6, 6.07) is 4.84. The average Bonchev–Trinajstić information content (AvgIpc) is 2.69. The molecule has 2 rings (SSSR count). The number of carbonyl (C=O) groups excluding carboxylic acids is 2. The summed E-state index contributed by atoms with van der Waals surface area (Å²) in [4.78, 5) is 30.3. The Bertz CT molecular complexity index is 713. The summed E-state index contributed by atoms with van der Waals surface area (Å²) < 4.78 is 0. The zero-order valence-corrected chi connectivity index (χ0v) is 13.6. The number of nitrogens with zero attached hydrogens (tertiary/aromatic N) is 3. The highest BCUT2D eigenvalue weighted by molar-refractivity contribution is 8.13. The van der Waals surface area contributed by atoms with E-state index in [0.29, 0.717) is 22.0 Å². The molecule has 0 aromatic heterocycles. The lowest BCUT2D eigenvalue weighted by Crippen LogP contribution is -2.45. The van der Waals surface area contributed by atoms with Gasteiger partial charge in [0, 0.05) is 5.54 Å². The van der Waals surface area contributed by atoms with Crippen molar-refractivity contribution in [1.82, 2.24) is 10.2 Å². The number of carbonyl (C=O) groups is 2. The van der Waals surface area contributed by atoms with Crippen molar-refractivity contribution in [2.24, 2.45) is 4.99 Å². The van der Waals surface area contributed by atoms with Gasteiger partial charge in [-0.05, 0) is 45.2 Å². The third-order valence-corrected chi connectivity index (χ3v) is 3.71. The van der Waals surface area contributed by atoms with Crippen LogP contribution in [0.3, 0.4) is 0 Å². The predicted molar refractivity (Wildman–Crippen MR) is 86.1 cm³/mol. The molecule has 0 atom stereocenters. The van der Waals surface area contributed by atoms with E-state index in [9.17, 15) is 9.59 Å². The monoisotopic (exact) mass is 316 g/mol. The first kappa shape index (κ1) is 16.0. The number of nitrogens with one attached hydrogen (secondary N) is 1. The molecule has 1 heterocycles. The molecule has 114 valence electrons. The SMILES string of the molecule is CSC(=Nc1ccc2c(c1)C(=O)N(C(C)(C)C)C2=O)NC#N. The van der Waals surface area contributed by atoms with Gasteiger partial charge in [0.05, 0.1) is 16.8 Å². The van der Waals surface area contributed by atoms with Crippen molar-refractivity contribution in [2.75, 3.05) is 6.26 Å². The molecule has 6 nitrogen and oxygen atoms in total. The van der Waals surface area contributed by atoms with Gasteiger partial charge in [-0.15, -0.1) is 0 Å². The van der Waals surface area contributed by atoms with Crippen molar-refractivity contribution < 1.29 is 9.59 Å². The zero-order chi connectivity index (χ0) is 16.5. The van der Waals surface area contributed by atoms with Crippen molar-refractivity contribution in [3.63, 3.8) is 0 Å². The van der Waals surface area contributed by atoms with Gasteiger partial charge in [0.15, 0.2) is 11.4 Å². The minimum Gasteiger partial charge on any atom is -0.271 e. The fourth-order valence-corrected chi connectivity index (χ4v) is 2.54. The van der Waals surface area contributed by atoms with E-state index in [2.05, 4.69) is 10.3 Å². The largest absolute Gasteiger partial charge is 0.271 e. The van der Waals surface area contributed by atoms with Gasteiger partial charge in [-0.25, -0.2) is 4.99 Å². The van der Waals surface area contributed by atoms with Crippen LogP contribution >= 0.6 is 11.8 Å². The molecule has 22 heavy (non-hydrogen) atoms. The number of imide groups is 1. The van der Waals surface area contributed by atoms with E-state index in [1.807, 2.05) is 20.8 Å². The van der Waals surface area contributed by atoms with Crippen LogP contribution in [0.1, 0.15) is 41.5 Å². The first-order chi connectivity index (χ1) is 10.3. The van der Waals surface area contributed by atoms with Crippen LogP contribution in [-0.4, -0.2) is 33.7 Å². The summed E-state index contributed by atoms with van der Waals surface area (Å²) in [5, 5.41) is 11.5. The maximum atomic E-state index is 12.5. The third kappa shape index (κ3) is 2.83. The Balaban J connectivity index is 2.44. The number of hydrogen-bond acceptors (Lipinski definition) is 5. The lowest BCUT2D eigenvalue weighted by molar-refractivity contribution is 0.0508. The molecule has 0 spiro atoms. The van der Waals surface area contributed by atoms with Crippen molar-refractivity contribution >= 4 is 34.4 Å². The van der Waals surface area contributed by atoms with E-state index in [4.69, 9.17) is 5.26 Å². The first-order valence-corrected chi connectivity index (χ1v) is 7.83. The van der Waals surface area contributed by atoms with Crippen molar-refractivity contribution in [2.45, 2.75) is 26.3 Å². The summed E-state index contributed by atoms with van der Waals surface area (Å²) in [6.07, 6.45) is 3.59. The van der Waals surface area contributed by atoms with Gasteiger partial charge in [-0.3, -0.25) is 19.8 Å². The molecule has 7 heteroatoms. The van der Waals surface area contributed by atoms with Gasteiger partial charge in [-0.1, -0.05) is 11.8 Å². The molecule has 0 fully saturated rings. The second-order valence-corrected chi connectivity index (χ2v) is 6.50. The maximum Gasteiger partial charge on any atom is 0.262 e. The van der Waals surface area contributed by atoms with Crippen molar-refractivity contribution in [1.29, 1.82) is 5.26 Å². The van der Waals surface area contributed by atoms with Gasteiger partial charge in [-0.2, -0.15) is 5.26 Å². The Labute approximate surface area is 133 Å². The second-order valence-electron chi connectivity index (χ2n) is 5.70. The highest BCUT2D eigenvalue weighted by Crippen LogP contribution is 2.31. The lowest BCUT2D eigenvalue weighted by Gasteiger charge is -2.29. The van der Waals surface area contributed by atoms with Crippen LogP contribution in [0.5, 0.6) is 0 Å². The van der Waals surface area contributed by atoms with E-state index >= 15 is 0 Å². The summed E-state index contributed by atoms with van der Waals surface area (Å²) in [5.41, 5.74) is 0.669. The quantitative estimate of drug-likeness (QED) is 0.283. The number of aliphatic imine (C=N–C) groups is 1. The molecule has 0 unspecified atom stereocenters. The van der Waals surface area contributed by atoms with Crippen molar-refractivity contribution in [3.05, 3.63) is 29.3 Å². The molecular formula is C15H16N4O2S. The summed E-state index contributed by atoms with van der Waals surface area (Å²) >= 11 is 1.28. The highest BCUT2D eigenvalue weighted by atomic mass is 32.2. The molecule has 1 aliphatic rings. The molecule has 1 aromatic carbocycles. The van der Waals surface area contributed by atoms with Crippen LogP contribution in [0.2, 0.25) is 0 Å². The van der Waals surface area contributed by atoms with Gasteiger partial charge >= 0.3 is 0 Å². The second kappa shape index (κ2) is 5.81. The molecule has 0 radical (unpaired) electrons. The third-order valence-electron chi connectivity index (χ3n) is 3.13. The molecule has 2 amide bonds. The van der Waals surface area contributed by atoms with E-state index in [1.54, 1.807) is 30.6 Å². The highest BCUT2D eigenvalue weighted by Gasteiger charge is 2.41.